The molecule has 22 heavy (non-hydrogen) atoms. The van der Waals surface area contributed by atoms with E-state index in [0.29, 0.717) is 18.7 Å². The van der Waals surface area contributed by atoms with Gasteiger partial charge in [0, 0.05) is 12.3 Å². The van der Waals surface area contributed by atoms with Gasteiger partial charge < -0.3 is 9.94 Å². The van der Waals surface area contributed by atoms with Crippen molar-refractivity contribution in [1.82, 2.24) is 5.06 Å². The van der Waals surface area contributed by atoms with Gasteiger partial charge in [0.1, 0.15) is 5.60 Å². The van der Waals surface area contributed by atoms with E-state index < -0.39 is 11.7 Å². The molecule has 0 aliphatic heterocycles. The Morgan fingerprint density at radius 2 is 1.91 bits per heavy atom. The molecule has 1 rings (SSSR count). The standard InChI is InChI=1S/C17H26N2O3/c1-6-15(18-16(20)22-17(3,4)5)13(2)19(21)12-14-10-8-7-9-11-14/h7-11,13,21H,6,12H2,1-5H3. The quantitative estimate of drug-likeness (QED) is 0.658. The Balaban J connectivity index is 2.74. The number of amides is 1. The average molecular weight is 306 g/mol. The van der Waals surface area contributed by atoms with Crippen molar-refractivity contribution < 1.29 is 14.7 Å². The summed E-state index contributed by atoms with van der Waals surface area (Å²) < 4.78 is 5.19. The average Bonchev–Trinajstić information content (AvgIpc) is 2.43. The minimum absolute atomic E-state index is 0.363. The molecule has 1 atom stereocenters. The zero-order valence-electron chi connectivity index (χ0n) is 14.0. The van der Waals surface area contributed by atoms with E-state index in [0.717, 1.165) is 5.56 Å². The number of carbonyl (C=O) groups excluding carboxylic acids is 1. The van der Waals surface area contributed by atoms with Gasteiger partial charge in [0.2, 0.25) is 0 Å². The third kappa shape index (κ3) is 6.37. The number of carbonyl (C=O) groups is 1. The van der Waals surface area contributed by atoms with E-state index in [1.54, 1.807) is 20.8 Å². The molecular weight excluding hydrogens is 280 g/mol. The van der Waals surface area contributed by atoms with Crippen molar-refractivity contribution in [3.8, 4) is 0 Å². The first-order valence-electron chi connectivity index (χ1n) is 7.52. The maximum absolute atomic E-state index is 11.8. The molecule has 1 aromatic carbocycles. The summed E-state index contributed by atoms with van der Waals surface area (Å²) in [5.74, 6) is 0. The van der Waals surface area contributed by atoms with Crippen molar-refractivity contribution in [2.24, 2.45) is 4.99 Å². The number of hydroxylamine groups is 2. The number of hydrogen-bond donors (Lipinski definition) is 1. The molecule has 0 radical (unpaired) electrons. The summed E-state index contributed by atoms with van der Waals surface area (Å²) >= 11 is 0. The van der Waals surface area contributed by atoms with Gasteiger partial charge in [-0.3, -0.25) is 0 Å². The highest BCUT2D eigenvalue weighted by Gasteiger charge is 2.20. The van der Waals surface area contributed by atoms with E-state index in [2.05, 4.69) is 4.99 Å². The fourth-order valence-corrected chi connectivity index (χ4v) is 1.95. The first-order chi connectivity index (χ1) is 10.2. The molecule has 122 valence electrons. The SMILES string of the molecule is CCC(=NC(=O)OC(C)(C)C)C(C)N(O)Cc1ccccc1. The molecule has 1 amide bonds. The molecular formula is C17H26N2O3. The van der Waals surface area contributed by atoms with Gasteiger partial charge in [0.15, 0.2) is 0 Å². The van der Waals surface area contributed by atoms with Gasteiger partial charge >= 0.3 is 6.09 Å². The Labute approximate surface area is 132 Å². The van der Waals surface area contributed by atoms with Crippen LogP contribution in [0.25, 0.3) is 0 Å². The number of nitrogens with zero attached hydrogens (tertiary/aromatic N) is 2. The maximum Gasteiger partial charge on any atom is 0.434 e. The van der Waals surface area contributed by atoms with Crippen LogP contribution >= 0.6 is 0 Å². The number of rotatable bonds is 5. The minimum atomic E-state index is -0.621. The van der Waals surface area contributed by atoms with Crippen molar-refractivity contribution in [1.29, 1.82) is 0 Å². The van der Waals surface area contributed by atoms with Crippen LogP contribution in [0.2, 0.25) is 0 Å². The van der Waals surface area contributed by atoms with Crippen LogP contribution in [0.1, 0.15) is 46.6 Å². The zero-order valence-corrected chi connectivity index (χ0v) is 14.0. The largest absolute Gasteiger partial charge is 0.442 e. The highest BCUT2D eigenvalue weighted by atomic mass is 16.6. The number of hydrogen-bond acceptors (Lipinski definition) is 4. The second-order valence-electron chi connectivity index (χ2n) is 6.20. The van der Waals surface area contributed by atoms with Crippen molar-refractivity contribution in [2.45, 2.75) is 59.2 Å². The summed E-state index contributed by atoms with van der Waals surface area (Å²) in [5, 5.41) is 11.4. The lowest BCUT2D eigenvalue weighted by Crippen LogP contribution is -2.36. The summed E-state index contributed by atoms with van der Waals surface area (Å²) in [6.45, 7) is 9.47. The summed E-state index contributed by atoms with van der Waals surface area (Å²) in [4.78, 5) is 15.8. The second kappa shape index (κ2) is 8.06. The summed E-state index contributed by atoms with van der Waals surface area (Å²) in [5.41, 5.74) is 1.00. The molecule has 0 bridgehead atoms. The van der Waals surface area contributed by atoms with Crippen LogP contribution in [0.5, 0.6) is 0 Å². The molecule has 0 aliphatic carbocycles. The number of ether oxygens (including phenoxy) is 1. The lowest BCUT2D eigenvalue weighted by Gasteiger charge is -2.24. The molecule has 0 heterocycles. The van der Waals surface area contributed by atoms with Gasteiger partial charge in [-0.1, -0.05) is 37.3 Å². The highest BCUT2D eigenvalue weighted by molar-refractivity contribution is 5.96. The van der Waals surface area contributed by atoms with Crippen LogP contribution in [0.3, 0.4) is 0 Å². The lowest BCUT2D eigenvalue weighted by molar-refractivity contribution is -0.112. The third-order valence-corrected chi connectivity index (χ3v) is 3.11. The second-order valence-corrected chi connectivity index (χ2v) is 6.20. The van der Waals surface area contributed by atoms with Crippen molar-refractivity contribution in [3.63, 3.8) is 0 Å². The van der Waals surface area contributed by atoms with Crippen LogP contribution < -0.4 is 0 Å². The van der Waals surface area contributed by atoms with E-state index in [4.69, 9.17) is 4.74 Å². The van der Waals surface area contributed by atoms with Gasteiger partial charge in [-0.05, 0) is 39.7 Å². The molecule has 0 aliphatic rings. The van der Waals surface area contributed by atoms with E-state index in [1.165, 1.54) is 5.06 Å². The lowest BCUT2D eigenvalue weighted by atomic mass is 10.1. The molecule has 1 aromatic rings. The van der Waals surface area contributed by atoms with Gasteiger partial charge in [-0.25, -0.2) is 4.79 Å². The summed E-state index contributed by atoms with van der Waals surface area (Å²) in [6, 6.07) is 9.28. The first-order valence-corrected chi connectivity index (χ1v) is 7.52. The fraction of sp³-hybridized carbons (Fsp3) is 0.529. The summed E-state index contributed by atoms with van der Waals surface area (Å²) in [6.07, 6.45) is -0.0592. The van der Waals surface area contributed by atoms with Gasteiger partial charge in [0.25, 0.3) is 0 Å². The fourth-order valence-electron chi connectivity index (χ4n) is 1.95. The Morgan fingerprint density at radius 1 is 1.32 bits per heavy atom. The first kappa shape index (κ1) is 18.3. The molecule has 1 N–H and O–H groups in total. The van der Waals surface area contributed by atoms with Gasteiger partial charge in [0.05, 0.1) is 6.04 Å². The Hall–Kier alpha value is -1.72. The summed E-state index contributed by atoms with van der Waals surface area (Å²) in [7, 11) is 0. The Morgan fingerprint density at radius 3 is 2.41 bits per heavy atom. The van der Waals surface area contributed by atoms with Crippen LogP contribution in [0.15, 0.2) is 35.3 Å². The van der Waals surface area contributed by atoms with Crippen molar-refractivity contribution in [2.75, 3.05) is 0 Å². The van der Waals surface area contributed by atoms with E-state index in [1.807, 2.05) is 44.2 Å². The van der Waals surface area contributed by atoms with Crippen LogP contribution in [0, 0.1) is 0 Å². The smallest absolute Gasteiger partial charge is 0.434 e. The number of benzene rings is 1. The molecule has 5 nitrogen and oxygen atoms in total. The van der Waals surface area contributed by atoms with Gasteiger partial charge in [-0.15, -0.1) is 0 Å². The predicted octanol–water partition coefficient (Wildman–Crippen LogP) is 4.05. The molecule has 0 saturated carbocycles. The Kier molecular flexibility index (Phi) is 6.71. The molecule has 0 fully saturated rings. The van der Waals surface area contributed by atoms with Crippen LogP contribution in [0.4, 0.5) is 4.79 Å². The maximum atomic E-state index is 11.8. The third-order valence-electron chi connectivity index (χ3n) is 3.11. The van der Waals surface area contributed by atoms with E-state index in [-0.39, 0.29) is 6.04 Å². The Bertz CT molecular complexity index is 506. The predicted molar refractivity (Wildman–Crippen MR) is 87.2 cm³/mol. The molecule has 1 unspecified atom stereocenters. The highest BCUT2D eigenvalue weighted by Crippen LogP contribution is 2.12. The molecule has 0 aromatic heterocycles. The van der Waals surface area contributed by atoms with Crippen LogP contribution in [-0.4, -0.2) is 33.7 Å². The zero-order chi connectivity index (χ0) is 16.8. The molecule has 0 spiro atoms. The van der Waals surface area contributed by atoms with Crippen LogP contribution in [-0.2, 0) is 11.3 Å². The number of aliphatic imine (C=N–C) groups is 1. The van der Waals surface area contributed by atoms with Crippen molar-refractivity contribution >= 4 is 11.8 Å². The van der Waals surface area contributed by atoms with Gasteiger partial charge in [-0.2, -0.15) is 10.1 Å². The van der Waals surface area contributed by atoms with E-state index in [9.17, 15) is 10.0 Å². The topological polar surface area (TPSA) is 62.1 Å². The minimum Gasteiger partial charge on any atom is -0.442 e. The van der Waals surface area contributed by atoms with E-state index >= 15 is 0 Å². The molecule has 5 heteroatoms. The monoisotopic (exact) mass is 306 g/mol. The van der Waals surface area contributed by atoms with Crippen molar-refractivity contribution in [3.05, 3.63) is 35.9 Å². The molecule has 0 saturated heterocycles. The normalized spacial score (nSPS) is 14.0.